The maximum absolute atomic E-state index is 12.9. The number of rotatable bonds is 6. The highest BCUT2D eigenvalue weighted by molar-refractivity contribution is 7.99. The summed E-state index contributed by atoms with van der Waals surface area (Å²) in [6.07, 6.45) is 1.05. The number of nitrogens with zero attached hydrogens (tertiary/aromatic N) is 2. The second-order valence-corrected chi connectivity index (χ2v) is 10.7. The molecule has 0 saturated carbocycles. The van der Waals surface area contributed by atoms with E-state index in [1.165, 1.54) is 4.31 Å². The fourth-order valence-electron chi connectivity index (χ4n) is 2.85. The van der Waals surface area contributed by atoms with Gasteiger partial charge in [0.1, 0.15) is 0 Å². The van der Waals surface area contributed by atoms with Crippen LogP contribution in [0.15, 0.2) is 29.2 Å². The lowest BCUT2D eigenvalue weighted by atomic mass is 9.87. The van der Waals surface area contributed by atoms with Gasteiger partial charge in [0.2, 0.25) is 15.9 Å². The summed E-state index contributed by atoms with van der Waals surface area (Å²) >= 11 is 1.64. The standard InChI is InChI=1S/C19H30N2O3S2/c1-5-14-25-15-18(22)20-10-12-21(13-11-20)26(23,24)17-8-6-16(7-9-17)19(2,3)4/h6-9H,5,10-15H2,1-4H3. The molecule has 0 aromatic heterocycles. The molecule has 1 aliphatic heterocycles. The molecule has 1 amide bonds. The highest BCUT2D eigenvalue weighted by atomic mass is 32.2. The van der Waals surface area contributed by atoms with Gasteiger partial charge in [-0.2, -0.15) is 16.1 Å². The molecule has 0 aliphatic carbocycles. The van der Waals surface area contributed by atoms with E-state index in [-0.39, 0.29) is 11.3 Å². The number of amides is 1. The Morgan fingerprint density at radius 2 is 1.65 bits per heavy atom. The van der Waals surface area contributed by atoms with Gasteiger partial charge in [0.25, 0.3) is 0 Å². The largest absolute Gasteiger partial charge is 0.339 e. The van der Waals surface area contributed by atoms with Gasteiger partial charge in [-0.05, 0) is 35.3 Å². The summed E-state index contributed by atoms with van der Waals surface area (Å²) in [5, 5.41) is 0. The fraction of sp³-hybridized carbons (Fsp3) is 0.632. The smallest absolute Gasteiger partial charge is 0.243 e. The fourth-order valence-corrected chi connectivity index (χ4v) is 5.06. The Morgan fingerprint density at radius 3 is 2.15 bits per heavy atom. The van der Waals surface area contributed by atoms with Gasteiger partial charge in [0, 0.05) is 26.2 Å². The maximum atomic E-state index is 12.9. The molecule has 0 unspecified atom stereocenters. The van der Waals surface area contributed by atoms with E-state index in [4.69, 9.17) is 0 Å². The number of carbonyl (C=O) groups is 1. The molecule has 5 nitrogen and oxygen atoms in total. The van der Waals surface area contributed by atoms with Crippen molar-refractivity contribution in [2.45, 2.75) is 44.4 Å². The van der Waals surface area contributed by atoms with Crippen molar-refractivity contribution in [2.24, 2.45) is 0 Å². The van der Waals surface area contributed by atoms with Crippen LogP contribution in [0.25, 0.3) is 0 Å². The lowest BCUT2D eigenvalue weighted by Crippen LogP contribution is -2.51. The Hall–Kier alpha value is -1.05. The third kappa shape index (κ3) is 5.24. The Morgan fingerprint density at radius 1 is 1.08 bits per heavy atom. The van der Waals surface area contributed by atoms with Gasteiger partial charge >= 0.3 is 0 Å². The zero-order valence-electron chi connectivity index (χ0n) is 16.2. The van der Waals surface area contributed by atoms with Crippen molar-refractivity contribution in [1.29, 1.82) is 0 Å². The highest BCUT2D eigenvalue weighted by Crippen LogP contribution is 2.25. The number of hydrogen-bond donors (Lipinski definition) is 0. The van der Waals surface area contributed by atoms with Crippen LogP contribution in [0.1, 0.15) is 39.7 Å². The molecule has 7 heteroatoms. The molecule has 146 valence electrons. The molecule has 26 heavy (non-hydrogen) atoms. The number of carbonyl (C=O) groups excluding carboxylic acids is 1. The summed E-state index contributed by atoms with van der Waals surface area (Å²) in [6, 6.07) is 7.15. The van der Waals surface area contributed by atoms with Gasteiger partial charge in [-0.15, -0.1) is 0 Å². The zero-order valence-corrected chi connectivity index (χ0v) is 17.8. The topological polar surface area (TPSA) is 57.7 Å². The van der Waals surface area contributed by atoms with Crippen molar-refractivity contribution < 1.29 is 13.2 Å². The summed E-state index contributed by atoms with van der Waals surface area (Å²) in [4.78, 5) is 14.3. The Balaban J connectivity index is 1.98. The van der Waals surface area contributed by atoms with Crippen molar-refractivity contribution in [1.82, 2.24) is 9.21 Å². The van der Waals surface area contributed by atoms with Gasteiger partial charge in [-0.3, -0.25) is 4.79 Å². The molecule has 1 heterocycles. The minimum absolute atomic E-state index is 0.00985. The lowest BCUT2D eigenvalue weighted by Gasteiger charge is -2.34. The lowest BCUT2D eigenvalue weighted by molar-refractivity contribution is -0.129. The first kappa shape index (κ1) is 21.3. The molecule has 1 aliphatic rings. The first-order valence-electron chi connectivity index (χ1n) is 9.12. The second kappa shape index (κ2) is 8.76. The van der Waals surface area contributed by atoms with Crippen molar-refractivity contribution >= 4 is 27.7 Å². The minimum atomic E-state index is -3.50. The van der Waals surface area contributed by atoms with E-state index >= 15 is 0 Å². The van der Waals surface area contributed by atoms with E-state index in [1.807, 2.05) is 12.1 Å². The molecule has 0 N–H and O–H groups in total. The van der Waals surface area contributed by atoms with Crippen LogP contribution >= 0.6 is 11.8 Å². The number of benzene rings is 1. The Labute approximate surface area is 162 Å². The average molecular weight is 399 g/mol. The van der Waals surface area contributed by atoms with Crippen LogP contribution in [0, 0.1) is 0 Å². The van der Waals surface area contributed by atoms with Gasteiger partial charge in [0.15, 0.2) is 0 Å². The molecular formula is C19H30N2O3S2. The van der Waals surface area contributed by atoms with Crippen LogP contribution in [0.2, 0.25) is 0 Å². The Kier molecular flexibility index (Phi) is 7.16. The normalized spacial score (nSPS) is 16.7. The second-order valence-electron chi connectivity index (χ2n) is 7.61. The third-order valence-electron chi connectivity index (χ3n) is 4.52. The van der Waals surface area contributed by atoms with Crippen molar-refractivity contribution in [3.05, 3.63) is 29.8 Å². The molecule has 1 saturated heterocycles. The predicted octanol–water partition coefficient (Wildman–Crippen LogP) is 2.96. The van der Waals surface area contributed by atoms with Gasteiger partial charge in [-0.25, -0.2) is 8.42 Å². The van der Waals surface area contributed by atoms with Crippen molar-refractivity contribution in [2.75, 3.05) is 37.7 Å². The summed E-state index contributed by atoms with van der Waals surface area (Å²) in [5.74, 6) is 1.56. The number of piperazine rings is 1. The number of thioether (sulfide) groups is 1. The van der Waals surface area contributed by atoms with Gasteiger partial charge in [-0.1, -0.05) is 39.8 Å². The molecule has 0 radical (unpaired) electrons. The van der Waals surface area contributed by atoms with Crippen LogP contribution in [-0.2, 0) is 20.2 Å². The molecule has 1 aromatic rings. The van der Waals surface area contributed by atoms with E-state index in [9.17, 15) is 13.2 Å². The van der Waals surface area contributed by atoms with E-state index in [2.05, 4.69) is 27.7 Å². The van der Waals surface area contributed by atoms with E-state index in [0.29, 0.717) is 36.8 Å². The van der Waals surface area contributed by atoms with Gasteiger partial charge < -0.3 is 4.90 Å². The van der Waals surface area contributed by atoms with E-state index in [1.54, 1.807) is 28.8 Å². The first-order chi connectivity index (χ1) is 12.2. The summed E-state index contributed by atoms with van der Waals surface area (Å²) in [6.45, 7) is 10.0. The zero-order chi connectivity index (χ0) is 19.4. The molecular weight excluding hydrogens is 368 g/mol. The molecule has 0 bridgehead atoms. The SMILES string of the molecule is CCCSCC(=O)N1CCN(S(=O)(=O)c2ccc(C(C)(C)C)cc2)CC1. The first-order valence-corrected chi connectivity index (χ1v) is 11.7. The molecule has 1 fully saturated rings. The van der Waals surface area contributed by atoms with Gasteiger partial charge in [0.05, 0.1) is 10.6 Å². The van der Waals surface area contributed by atoms with Crippen LogP contribution in [0.3, 0.4) is 0 Å². The molecule has 0 spiro atoms. The van der Waals surface area contributed by atoms with Crippen molar-refractivity contribution in [3.63, 3.8) is 0 Å². The summed E-state index contributed by atoms with van der Waals surface area (Å²) in [5.41, 5.74) is 1.10. The number of hydrogen-bond acceptors (Lipinski definition) is 4. The Bertz CT molecular complexity index is 701. The molecule has 1 aromatic carbocycles. The number of sulfonamides is 1. The molecule has 2 rings (SSSR count). The minimum Gasteiger partial charge on any atom is -0.339 e. The maximum Gasteiger partial charge on any atom is 0.243 e. The van der Waals surface area contributed by atoms with Crippen LogP contribution < -0.4 is 0 Å². The van der Waals surface area contributed by atoms with Crippen LogP contribution in [0.5, 0.6) is 0 Å². The summed E-state index contributed by atoms with van der Waals surface area (Å²) in [7, 11) is -3.50. The van der Waals surface area contributed by atoms with E-state index in [0.717, 1.165) is 17.7 Å². The molecule has 0 atom stereocenters. The summed E-state index contributed by atoms with van der Waals surface area (Å²) < 4.78 is 27.2. The van der Waals surface area contributed by atoms with E-state index < -0.39 is 10.0 Å². The predicted molar refractivity (Wildman–Crippen MR) is 108 cm³/mol. The van der Waals surface area contributed by atoms with Crippen molar-refractivity contribution in [3.8, 4) is 0 Å². The van der Waals surface area contributed by atoms with Crippen LogP contribution in [0.4, 0.5) is 0 Å². The monoisotopic (exact) mass is 398 g/mol. The van der Waals surface area contributed by atoms with Crippen LogP contribution in [-0.4, -0.2) is 61.2 Å². The highest BCUT2D eigenvalue weighted by Gasteiger charge is 2.30. The third-order valence-corrected chi connectivity index (χ3v) is 7.58. The average Bonchev–Trinajstić information content (AvgIpc) is 2.61. The quantitative estimate of drug-likeness (QED) is 0.691.